The van der Waals surface area contributed by atoms with Crippen molar-refractivity contribution < 1.29 is 84.0 Å². The molecule has 0 saturated carbocycles. The molecule has 2 saturated heterocycles. The van der Waals surface area contributed by atoms with E-state index in [0.29, 0.717) is 0 Å². The third kappa shape index (κ3) is 18.8. The van der Waals surface area contributed by atoms with Gasteiger partial charge in [-0.15, -0.1) is 0 Å². The van der Waals surface area contributed by atoms with E-state index in [9.17, 15) is 60.7 Å². The van der Waals surface area contributed by atoms with Gasteiger partial charge in [0.05, 0.1) is 79.6 Å². The summed E-state index contributed by atoms with van der Waals surface area (Å²) in [7, 11) is 0. The molecule has 0 spiro atoms. The molecule has 18 heteroatoms. The standard InChI is InChI=1S/C46H70FNO16/c1-27-16-14-12-10-8-6-4-5-7-9-11-13-15-17-33(63-45-41(47)42(48)43(57)29(3)62-45)24-38-40(44(58)59)37(55)26-46(60,64-38)25-32(51)22-36(54)34(52)19-18-30(49)21-31(50)23-39(56)61-28(2)20-35(27)53/h4-17,27-38,40-43,45,49-55,57,60H,18-26,48H2,1-3H3,(H,58,59)/b5-4+,8-6+,9-7+,12-10+,13-11+,16-14+,17-15+/t27-,28-,29+,30?,31?,32?,33?,34?,35-,36?,37-,38-,40+,41+,42+,43+,45?,46?/m0/s1. The van der Waals surface area contributed by atoms with E-state index >= 15 is 4.39 Å². The van der Waals surface area contributed by atoms with Crippen molar-refractivity contribution in [3.05, 3.63) is 85.1 Å². The zero-order valence-electron chi connectivity index (χ0n) is 36.6. The number of allylic oxidation sites excluding steroid dienone is 12. The van der Waals surface area contributed by atoms with Crippen LogP contribution in [0.3, 0.4) is 0 Å². The molecule has 0 radical (unpaired) electrons. The molecule has 12 N–H and O–H groups in total. The second-order valence-corrected chi connectivity index (χ2v) is 17.1. The molecule has 64 heavy (non-hydrogen) atoms. The number of halogens is 1. The lowest BCUT2D eigenvalue weighted by atomic mass is 9.82. The van der Waals surface area contributed by atoms with Gasteiger partial charge in [-0.25, -0.2) is 4.39 Å². The molecule has 8 unspecified atom stereocenters. The number of carboxylic acid groups (broad SMARTS) is 1. The highest BCUT2D eigenvalue weighted by atomic mass is 19.1. The number of alkyl halides is 1. The first-order chi connectivity index (χ1) is 30.2. The summed E-state index contributed by atoms with van der Waals surface area (Å²) >= 11 is 0. The number of esters is 1. The van der Waals surface area contributed by atoms with Gasteiger partial charge in [0.1, 0.15) is 12.0 Å². The van der Waals surface area contributed by atoms with Crippen molar-refractivity contribution >= 4 is 11.9 Å². The quantitative estimate of drug-likeness (QED) is 0.179. The first kappa shape index (κ1) is 54.9. The van der Waals surface area contributed by atoms with Crippen LogP contribution in [-0.4, -0.2) is 161 Å². The summed E-state index contributed by atoms with van der Waals surface area (Å²) < 4.78 is 38.1. The Morgan fingerprint density at radius 1 is 0.719 bits per heavy atom. The van der Waals surface area contributed by atoms with Crippen molar-refractivity contribution in [2.24, 2.45) is 17.6 Å². The predicted octanol–water partition coefficient (Wildman–Crippen LogP) is 1.44. The summed E-state index contributed by atoms with van der Waals surface area (Å²) in [6.07, 6.45) is 2.15. The molecule has 3 rings (SSSR count). The van der Waals surface area contributed by atoms with Crippen molar-refractivity contribution in [1.29, 1.82) is 0 Å². The molecule has 3 aliphatic heterocycles. The Hall–Kier alpha value is -3.47. The number of carbonyl (C=O) groups is 2. The zero-order chi connectivity index (χ0) is 47.6. The number of hydrogen-bond donors (Lipinski definition) is 11. The van der Waals surface area contributed by atoms with Crippen LogP contribution in [-0.2, 0) is 28.5 Å². The van der Waals surface area contributed by atoms with Gasteiger partial charge in [0.15, 0.2) is 18.2 Å². The lowest BCUT2D eigenvalue weighted by molar-refractivity contribution is -0.306. The SMILES string of the molecule is C[C@H]1C[C@H](O)[C@@H](C)/C=C/C=C/C=C/C=C/C=C/C=C/C=C/C(OC2O[C@H](C)[C@@H](O)[C@H](N)[C@H]2F)C[C@@H]2OC(O)(CC(O)CC(O)C(O)CCC(O)CC(O)CC(=O)O1)C[C@H](O)[C@H]2C(=O)O. The first-order valence-corrected chi connectivity index (χ1v) is 21.9. The monoisotopic (exact) mass is 911 g/mol. The van der Waals surface area contributed by atoms with Gasteiger partial charge in [0.25, 0.3) is 0 Å². The molecule has 0 aromatic carbocycles. The number of carbonyl (C=O) groups excluding carboxylic acids is 1. The molecule has 17 nitrogen and oxygen atoms in total. The Morgan fingerprint density at radius 3 is 1.89 bits per heavy atom. The van der Waals surface area contributed by atoms with Crippen molar-refractivity contribution in [2.75, 3.05) is 0 Å². The second-order valence-electron chi connectivity index (χ2n) is 17.1. The van der Waals surface area contributed by atoms with E-state index < -0.39 is 141 Å². The van der Waals surface area contributed by atoms with Crippen LogP contribution >= 0.6 is 0 Å². The van der Waals surface area contributed by atoms with Gasteiger partial charge in [-0.2, -0.15) is 0 Å². The minimum Gasteiger partial charge on any atom is -0.481 e. The van der Waals surface area contributed by atoms with Crippen molar-refractivity contribution in [2.45, 2.75) is 176 Å². The van der Waals surface area contributed by atoms with Crippen LogP contribution in [0.15, 0.2) is 85.1 Å². The topological polar surface area (TPSA) is 299 Å². The second kappa shape index (κ2) is 27.2. The molecule has 18 atom stereocenters. The summed E-state index contributed by atoms with van der Waals surface area (Å²) in [5, 5.41) is 107. The van der Waals surface area contributed by atoms with Crippen LogP contribution in [0.4, 0.5) is 4.39 Å². The number of ether oxygens (including phenoxy) is 4. The summed E-state index contributed by atoms with van der Waals surface area (Å²) in [5.41, 5.74) is 5.89. The molecule has 0 amide bonds. The van der Waals surface area contributed by atoms with Gasteiger partial charge in [-0.1, -0.05) is 92.0 Å². The summed E-state index contributed by atoms with van der Waals surface area (Å²) in [4.78, 5) is 24.9. The van der Waals surface area contributed by atoms with Crippen LogP contribution in [0, 0.1) is 11.8 Å². The van der Waals surface area contributed by atoms with Crippen molar-refractivity contribution in [3.8, 4) is 0 Å². The Bertz CT molecular complexity index is 1640. The van der Waals surface area contributed by atoms with Crippen molar-refractivity contribution in [1.82, 2.24) is 0 Å². The van der Waals surface area contributed by atoms with Crippen LogP contribution in [0.5, 0.6) is 0 Å². The third-order valence-corrected chi connectivity index (χ3v) is 11.4. The number of carboxylic acids is 1. The summed E-state index contributed by atoms with van der Waals surface area (Å²) in [6.45, 7) is 4.91. The molecule has 3 heterocycles. The number of aliphatic hydroxyl groups is 9. The maximum atomic E-state index is 15.3. The maximum absolute atomic E-state index is 15.3. The number of rotatable bonds is 3. The lowest BCUT2D eigenvalue weighted by Crippen LogP contribution is -2.60. The van der Waals surface area contributed by atoms with Gasteiger partial charge in [-0.3, -0.25) is 9.59 Å². The summed E-state index contributed by atoms with van der Waals surface area (Å²) in [5.74, 6) is -6.44. The van der Waals surface area contributed by atoms with E-state index in [1.807, 2.05) is 6.92 Å². The van der Waals surface area contributed by atoms with Crippen LogP contribution in [0.2, 0.25) is 0 Å². The Labute approximate surface area is 374 Å². The summed E-state index contributed by atoms with van der Waals surface area (Å²) in [6, 6.07) is -1.37. The van der Waals surface area contributed by atoms with Gasteiger partial charge >= 0.3 is 11.9 Å². The fourth-order valence-electron chi connectivity index (χ4n) is 7.72. The Balaban J connectivity index is 1.85. The maximum Gasteiger partial charge on any atom is 0.311 e. The van der Waals surface area contributed by atoms with E-state index in [-0.39, 0.29) is 38.0 Å². The average molecular weight is 912 g/mol. The van der Waals surface area contributed by atoms with E-state index in [1.165, 1.54) is 19.1 Å². The van der Waals surface area contributed by atoms with E-state index in [2.05, 4.69) is 0 Å². The predicted molar refractivity (Wildman–Crippen MR) is 231 cm³/mol. The Morgan fingerprint density at radius 2 is 1.30 bits per heavy atom. The molecule has 0 aromatic heterocycles. The minimum atomic E-state index is -2.35. The Kier molecular flexibility index (Phi) is 23.3. The fourth-order valence-corrected chi connectivity index (χ4v) is 7.72. The largest absolute Gasteiger partial charge is 0.481 e. The van der Waals surface area contributed by atoms with Gasteiger partial charge in [0, 0.05) is 38.0 Å². The normalized spacial score (nSPS) is 44.8. The number of fused-ring (bicyclic) bond motifs is 2. The number of cyclic esters (lactones) is 1. The first-order valence-electron chi connectivity index (χ1n) is 21.9. The van der Waals surface area contributed by atoms with Crippen LogP contribution < -0.4 is 5.73 Å². The highest BCUT2D eigenvalue weighted by Gasteiger charge is 2.51. The molecule has 0 aliphatic carbocycles. The third-order valence-electron chi connectivity index (χ3n) is 11.4. The molecular weight excluding hydrogens is 841 g/mol. The molecule has 3 aliphatic rings. The van der Waals surface area contributed by atoms with Gasteiger partial charge in [0.2, 0.25) is 0 Å². The highest BCUT2D eigenvalue weighted by Crippen LogP contribution is 2.38. The highest BCUT2D eigenvalue weighted by molar-refractivity contribution is 5.71. The van der Waals surface area contributed by atoms with E-state index in [4.69, 9.17) is 24.7 Å². The van der Waals surface area contributed by atoms with Crippen LogP contribution in [0.25, 0.3) is 0 Å². The van der Waals surface area contributed by atoms with E-state index in [0.717, 1.165) is 0 Å². The molecule has 0 aromatic rings. The molecule has 362 valence electrons. The number of aliphatic hydroxyl groups excluding tert-OH is 8. The van der Waals surface area contributed by atoms with Crippen LogP contribution in [0.1, 0.15) is 78.6 Å². The lowest BCUT2D eigenvalue weighted by Gasteiger charge is -2.45. The molecule has 2 fully saturated rings. The fraction of sp³-hybridized carbons (Fsp3) is 0.652. The number of aliphatic carboxylic acids is 1. The van der Waals surface area contributed by atoms with Gasteiger partial charge < -0.3 is 75.7 Å². The minimum absolute atomic E-state index is 0.112. The average Bonchev–Trinajstić information content (AvgIpc) is 3.19. The molecule has 2 bridgehead atoms. The smallest absolute Gasteiger partial charge is 0.311 e. The number of hydrogen-bond acceptors (Lipinski definition) is 16. The number of nitrogens with two attached hydrogens (primary N) is 1. The van der Waals surface area contributed by atoms with E-state index in [1.54, 1.807) is 79.8 Å². The zero-order valence-corrected chi connectivity index (χ0v) is 36.6. The van der Waals surface area contributed by atoms with Gasteiger partial charge in [-0.05, 0) is 33.1 Å². The molecular formula is C46H70FNO16. The van der Waals surface area contributed by atoms with Crippen molar-refractivity contribution in [3.63, 3.8) is 0 Å².